The van der Waals surface area contributed by atoms with Gasteiger partial charge in [0.1, 0.15) is 0 Å². The molecule has 1 rings (SSSR count). The van der Waals surface area contributed by atoms with Crippen LogP contribution in [0.5, 0.6) is 0 Å². The second-order valence-electron chi connectivity index (χ2n) is 4.78. The summed E-state index contributed by atoms with van der Waals surface area (Å²) in [5.74, 6) is 0.0613. The van der Waals surface area contributed by atoms with Crippen molar-refractivity contribution in [2.24, 2.45) is 5.73 Å². The molecule has 1 saturated heterocycles. The Bertz CT molecular complexity index is 225. The molecule has 0 unspecified atom stereocenters. The highest BCUT2D eigenvalue weighted by atomic mass is 16.2. The highest BCUT2D eigenvalue weighted by Gasteiger charge is 2.33. The molecule has 0 saturated carbocycles. The summed E-state index contributed by atoms with van der Waals surface area (Å²) in [4.78, 5) is 15.8. The first-order valence-corrected chi connectivity index (χ1v) is 5.10. The first kappa shape index (κ1) is 11.5. The third kappa shape index (κ3) is 2.25. The molecule has 14 heavy (non-hydrogen) atoms. The Labute approximate surface area is 86.0 Å². The Balaban J connectivity index is 2.64. The monoisotopic (exact) mass is 199 g/mol. The van der Waals surface area contributed by atoms with E-state index in [0.29, 0.717) is 0 Å². The van der Waals surface area contributed by atoms with E-state index in [0.717, 1.165) is 19.6 Å². The molecular formula is C10H21N3O. The summed E-state index contributed by atoms with van der Waals surface area (Å²) in [7, 11) is 2.09. The Morgan fingerprint density at radius 1 is 1.43 bits per heavy atom. The summed E-state index contributed by atoms with van der Waals surface area (Å²) < 4.78 is 0. The summed E-state index contributed by atoms with van der Waals surface area (Å²) in [5, 5.41) is 0. The van der Waals surface area contributed by atoms with Gasteiger partial charge in [0, 0.05) is 25.2 Å². The molecular weight excluding hydrogens is 178 g/mol. The fraction of sp³-hybridized carbons (Fsp3) is 0.900. The Hall–Kier alpha value is -0.610. The number of rotatable bonds is 1. The Morgan fingerprint density at radius 3 is 2.43 bits per heavy atom. The zero-order chi connectivity index (χ0) is 10.9. The molecule has 1 heterocycles. The molecule has 2 N–H and O–H groups in total. The minimum atomic E-state index is -0.380. The van der Waals surface area contributed by atoms with E-state index in [1.54, 1.807) is 6.92 Å². The van der Waals surface area contributed by atoms with Gasteiger partial charge in [-0.3, -0.25) is 9.69 Å². The summed E-state index contributed by atoms with van der Waals surface area (Å²) >= 11 is 0. The molecule has 4 heteroatoms. The second-order valence-corrected chi connectivity index (χ2v) is 4.78. The zero-order valence-electron chi connectivity index (χ0n) is 9.58. The van der Waals surface area contributed by atoms with Crippen molar-refractivity contribution in [3.8, 4) is 0 Å². The van der Waals surface area contributed by atoms with E-state index >= 15 is 0 Å². The second kappa shape index (κ2) is 3.87. The van der Waals surface area contributed by atoms with Crippen LogP contribution in [0, 0.1) is 0 Å². The number of nitrogens with zero attached hydrogens (tertiary/aromatic N) is 2. The predicted molar refractivity (Wildman–Crippen MR) is 56.9 cm³/mol. The topological polar surface area (TPSA) is 49.6 Å². The van der Waals surface area contributed by atoms with Gasteiger partial charge in [0.2, 0.25) is 5.91 Å². The highest BCUT2D eigenvalue weighted by Crippen LogP contribution is 2.18. The standard InChI is InChI=1S/C10H21N3O/c1-8(11)9(14)13-6-5-12(4)10(2,3)7-13/h8H,5-7,11H2,1-4H3/t8-/m0/s1. The molecule has 0 aromatic carbocycles. The van der Waals surface area contributed by atoms with Crippen LogP contribution in [-0.4, -0.2) is 54.0 Å². The Kier molecular flexibility index (Phi) is 3.17. The lowest BCUT2D eigenvalue weighted by atomic mass is 9.99. The SMILES string of the molecule is C[C@H](N)C(=O)N1CCN(C)C(C)(C)C1. The molecule has 1 aliphatic rings. The van der Waals surface area contributed by atoms with Gasteiger partial charge in [0.25, 0.3) is 0 Å². The number of nitrogens with two attached hydrogens (primary N) is 1. The molecule has 0 bridgehead atoms. The number of amides is 1. The van der Waals surface area contributed by atoms with Crippen molar-refractivity contribution in [2.75, 3.05) is 26.7 Å². The van der Waals surface area contributed by atoms with Gasteiger partial charge in [-0.1, -0.05) is 0 Å². The highest BCUT2D eigenvalue weighted by molar-refractivity contribution is 5.81. The minimum Gasteiger partial charge on any atom is -0.338 e. The van der Waals surface area contributed by atoms with E-state index in [2.05, 4.69) is 25.8 Å². The van der Waals surface area contributed by atoms with Gasteiger partial charge in [-0.05, 0) is 27.8 Å². The van der Waals surface area contributed by atoms with E-state index in [9.17, 15) is 4.79 Å². The summed E-state index contributed by atoms with van der Waals surface area (Å²) in [5.41, 5.74) is 5.64. The van der Waals surface area contributed by atoms with Crippen LogP contribution in [0.2, 0.25) is 0 Å². The van der Waals surface area contributed by atoms with Crippen LogP contribution >= 0.6 is 0 Å². The van der Waals surface area contributed by atoms with Crippen molar-refractivity contribution < 1.29 is 4.79 Å². The summed E-state index contributed by atoms with van der Waals surface area (Å²) in [6, 6.07) is -0.380. The predicted octanol–water partition coefficient (Wildman–Crippen LogP) is -0.114. The van der Waals surface area contributed by atoms with Crippen LogP contribution in [0.3, 0.4) is 0 Å². The van der Waals surface area contributed by atoms with Gasteiger partial charge in [-0.15, -0.1) is 0 Å². The third-order valence-electron chi connectivity index (χ3n) is 3.02. The maximum Gasteiger partial charge on any atom is 0.239 e. The lowest BCUT2D eigenvalue weighted by Gasteiger charge is -2.45. The quantitative estimate of drug-likeness (QED) is 0.641. The van der Waals surface area contributed by atoms with Crippen LogP contribution in [-0.2, 0) is 4.79 Å². The van der Waals surface area contributed by atoms with Gasteiger partial charge in [0.05, 0.1) is 6.04 Å². The number of carbonyl (C=O) groups excluding carboxylic acids is 1. The number of hydrogen-bond acceptors (Lipinski definition) is 3. The molecule has 1 amide bonds. The van der Waals surface area contributed by atoms with E-state index in [1.165, 1.54) is 0 Å². The largest absolute Gasteiger partial charge is 0.338 e. The molecule has 0 aliphatic carbocycles. The van der Waals surface area contributed by atoms with Gasteiger partial charge < -0.3 is 10.6 Å². The van der Waals surface area contributed by atoms with E-state index < -0.39 is 0 Å². The van der Waals surface area contributed by atoms with Gasteiger partial charge in [-0.2, -0.15) is 0 Å². The minimum absolute atomic E-state index is 0.0583. The average Bonchev–Trinajstić information content (AvgIpc) is 2.08. The molecule has 1 fully saturated rings. The molecule has 0 aromatic rings. The first-order valence-electron chi connectivity index (χ1n) is 5.10. The molecule has 0 spiro atoms. The molecule has 1 aliphatic heterocycles. The van der Waals surface area contributed by atoms with Crippen LogP contribution in [0.15, 0.2) is 0 Å². The van der Waals surface area contributed by atoms with Crippen molar-refractivity contribution in [1.29, 1.82) is 0 Å². The Morgan fingerprint density at radius 2 is 2.00 bits per heavy atom. The van der Waals surface area contributed by atoms with Crippen LogP contribution < -0.4 is 5.73 Å². The molecule has 82 valence electrons. The van der Waals surface area contributed by atoms with Crippen molar-refractivity contribution in [2.45, 2.75) is 32.4 Å². The van der Waals surface area contributed by atoms with Crippen molar-refractivity contribution in [3.63, 3.8) is 0 Å². The van der Waals surface area contributed by atoms with E-state index in [1.807, 2.05) is 4.90 Å². The zero-order valence-corrected chi connectivity index (χ0v) is 9.58. The fourth-order valence-corrected chi connectivity index (χ4v) is 1.72. The molecule has 4 nitrogen and oxygen atoms in total. The van der Waals surface area contributed by atoms with Crippen molar-refractivity contribution >= 4 is 5.91 Å². The van der Waals surface area contributed by atoms with Gasteiger partial charge >= 0.3 is 0 Å². The van der Waals surface area contributed by atoms with Crippen LogP contribution in [0.4, 0.5) is 0 Å². The van der Waals surface area contributed by atoms with Gasteiger partial charge in [-0.25, -0.2) is 0 Å². The van der Waals surface area contributed by atoms with E-state index in [4.69, 9.17) is 5.73 Å². The maximum atomic E-state index is 11.7. The van der Waals surface area contributed by atoms with Gasteiger partial charge in [0.15, 0.2) is 0 Å². The summed E-state index contributed by atoms with van der Waals surface area (Å²) in [6.07, 6.45) is 0. The lowest BCUT2D eigenvalue weighted by Crippen LogP contribution is -2.60. The summed E-state index contributed by atoms with van der Waals surface area (Å²) in [6.45, 7) is 8.52. The van der Waals surface area contributed by atoms with Crippen LogP contribution in [0.25, 0.3) is 0 Å². The lowest BCUT2D eigenvalue weighted by molar-refractivity contribution is -0.136. The first-order chi connectivity index (χ1) is 6.34. The van der Waals surface area contributed by atoms with Crippen LogP contribution in [0.1, 0.15) is 20.8 Å². The number of carbonyl (C=O) groups is 1. The molecule has 1 atom stereocenters. The average molecular weight is 199 g/mol. The van der Waals surface area contributed by atoms with Crippen molar-refractivity contribution in [3.05, 3.63) is 0 Å². The maximum absolute atomic E-state index is 11.7. The fourth-order valence-electron chi connectivity index (χ4n) is 1.72. The third-order valence-corrected chi connectivity index (χ3v) is 3.02. The molecule has 0 aromatic heterocycles. The normalized spacial score (nSPS) is 24.8. The number of piperazine rings is 1. The number of likely N-dealkylation sites (N-methyl/N-ethyl adjacent to an activating group) is 1. The molecule has 0 radical (unpaired) electrons. The number of hydrogen-bond donors (Lipinski definition) is 1. The van der Waals surface area contributed by atoms with E-state index in [-0.39, 0.29) is 17.5 Å². The smallest absolute Gasteiger partial charge is 0.239 e. The van der Waals surface area contributed by atoms with Crippen molar-refractivity contribution in [1.82, 2.24) is 9.80 Å².